The Morgan fingerprint density at radius 3 is 2.38 bits per heavy atom. The first kappa shape index (κ1) is 17.2. The Bertz CT molecular complexity index is 703. The largest absolute Gasteiger partial charge is 0.497 e. The van der Waals surface area contributed by atoms with Crippen LogP contribution in [-0.4, -0.2) is 44.6 Å². The molecule has 0 radical (unpaired) electrons. The molecule has 0 spiro atoms. The van der Waals surface area contributed by atoms with Crippen molar-refractivity contribution in [2.24, 2.45) is 5.41 Å². The van der Waals surface area contributed by atoms with Crippen LogP contribution in [0.4, 0.5) is 0 Å². The van der Waals surface area contributed by atoms with Gasteiger partial charge in [0.05, 0.1) is 35.4 Å². The van der Waals surface area contributed by atoms with Gasteiger partial charge in [0.2, 0.25) is 0 Å². The fraction of sp³-hybridized carbons (Fsp3) is 0.562. The van der Waals surface area contributed by atoms with E-state index in [-0.39, 0.29) is 22.9 Å². The molecular formula is C16H21NO6S. The summed E-state index contributed by atoms with van der Waals surface area (Å²) < 4.78 is 36.4. The fourth-order valence-electron chi connectivity index (χ4n) is 3.75. The Balaban J connectivity index is 1.90. The molecule has 1 aromatic carbocycles. The summed E-state index contributed by atoms with van der Waals surface area (Å²) in [5.41, 5.74) is 0.489. The van der Waals surface area contributed by atoms with Crippen molar-refractivity contribution in [1.82, 2.24) is 5.48 Å². The third-order valence-electron chi connectivity index (χ3n) is 4.90. The summed E-state index contributed by atoms with van der Waals surface area (Å²) in [7, 11) is -2.20. The second kappa shape index (κ2) is 6.34. The molecule has 0 aromatic heterocycles. The van der Waals surface area contributed by atoms with Gasteiger partial charge in [0.1, 0.15) is 5.75 Å². The average Bonchev–Trinajstić information content (AvgIpc) is 2.92. The summed E-state index contributed by atoms with van der Waals surface area (Å²) in [5, 5.41) is 9.13. The van der Waals surface area contributed by atoms with Gasteiger partial charge in [0, 0.05) is 0 Å². The van der Waals surface area contributed by atoms with Crippen LogP contribution in [0.25, 0.3) is 0 Å². The maximum atomic E-state index is 12.8. The fourth-order valence-corrected chi connectivity index (χ4v) is 5.56. The molecule has 132 valence electrons. The van der Waals surface area contributed by atoms with E-state index >= 15 is 0 Å². The molecule has 2 heterocycles. The molecule has 7 nitrogen and oxygen atoms in total. The van der Waals surface area contributed by atoms with E-state index < -0.39 is 21.2 Å². The summed E-state index contributed by atoms with van der Waals surface area (Å²) in [6, 6.07) is 6.07. The Morgan fingerprint density at radius 1 is 1.29 bits per heavy atom. The average molecular weight is 355 g/mol. The van der Waals surface area contributed by atoms with E-state index in [4.69, 9.17) is 14.7 Å². The number of hydroxylamine groups is 1. The van der Waals surface area contributed by atoms with Gasteiger partial charge in [-0.1, -0.05) is 0 Å². The first-order chi connectivity index (χ1) is 11.4. The first-order valence-corrected chi connectivity index (χ1v) is 9.50. The van der Waals surface area contributed by atoms with Crippen LogP contribution >= 0.6 is 0 Å². The third-order valence-corrected chi connectivity index (χ3v) is 6.82. The number of carbonyl (C=O) groups excluding carboxylic acids is 1. The Morgan fingerprint density at radius 2 is 1.88 bits per heavy atom. The lowest BCUT2D eigenvalue weighted by atomic mass is 9.78. The lowest BCUT2D eigenvalue weighted by Gasteiger charge is -2.38. The van der Waals surface area contributed by atoms with Gasteiger partial charge >= 0.3 is 0 Å². The molecule has 2 aliphatic rings. The van der Waals surface area contributed by atoms with Gasteiger partial charge < -0.3 is 9.47 Å². The second-order valence-electron chi connectivity index (χ2n) is 6.52. The van der Waals surface area contributed by atoms with Gasteiger partial charge in [0.25, 0.3) is 5.91 Å². The van der Waals surface area contributed by atoms with E-state index in [1.54, 1.807) is 17.6 Å². The predicted molar refractivity (Wildman–Crippen MR) is 84.5 cm³/mol. The van der Waals surface area contributed by atoms with Crippen molar-refractivity contribution < 1.29 is 27.9 Å². The van der Waals surface area contributed by atoms with Crippen LogP contribution in [0.3, 0.4) is 0 Å². The first-order valence-electron chi connectivity index (χ1n) is 7.85. The van der Waals surface area contributed by atoms with Crippen LogP contribution in [0.2, 0.25) is 0 Å². The van der Waals surface area contributed by atoms with E-state index in [0.29, 0.717) is 18.6 Å². The molecule has 8 heteroatoms. The molecule has 1 aromatic rings. The van der Waals surface area contributed by atoms with Crippen LogP contribution < -0.4 is 10.2 Å². The zero-order valence-corrected chi connectivity index (χ0v) is 14.2. The quantitative estimate of drug-likeness (QED) is 0.610. The smallest absolute Gasteiger partial charge is 0.250 e. The minimum Gasteiger partial charge on any atom is -0.497 e. The van der Waals surface area contributed by atoms with Crippen LogP contribution in [-0.2, 0) is 19.4 Å². The summed E-state index contributed by atoms with van der Waals surface area (Å²) >= 11 is 0. The zero-order chi connectivity index (χ0) is 17.4. The number of amides is 1. The van der Waals surface area contributed by atoms with Crippen molar-refractivity contribution >= 4 is 15.7 Å². The third kappa shape index (κ3) is 3.13. The molecule has 3 rings (SSSR count). The molecule has 3 atom stereocenters. The van der Waals surface area contributed by atoms with Crippen molar-refractivity contribution in [1.29, 1.82) is 0 Å². The van der Waals surface area contributed by atoms with Crippen molar-refractivity contribution in [3.05, 3.63) is 24.3 Å². The zero-order valence-electron chi connectivity index (χ0n) is 13.4. The number of rotatable bonds is 5. The van der Waals surface area contributed by atoms with Crippen LogP contribution in [0.15, 0.2) is 29.2 Å². The van der Waals surface area contributed by atoms with Crippen LogP contribution in [0, 0.1) is 5.41 Å². The number of benzene rings is 1. The number of carbonyl (C=O) groups is 1. The number of ether oxygens (including phenoxy) is 2. The van der Waals surface area contributed by atoms with Crippen molar-refractivity contribution in [3.8, 4) is 5.75 Å². The van der Waals surface area contributed by atoms with Gasteiger partial charge in [-0.3, -0.25) is 10.0 Å². The van der Waals surface area contributed by atoms with Gasteiger partial charge in [0.15, 0.2) is 9.84 Å². The van der Waals surface area contributed by atoms with Crippen LogP contribution in [0.5, 0.6) is 5.75 Å². The maximum Gasteiger partial charge on any atom is 0.250 e. The van der Waals surface area contributed by atoms with Crippen molar-refractivity contribution in [2.75, 3.05) is 12.9 Å². The molecular weight excluding hydrogens is 334 g/mol. The van der Waals surface area contributed by atoms with E-state index in [0.717, 1.165) is 12.8 Å². The standard InChI is InChI=1S/C16H21NO6S/c1-22-11-4-6-14(7-5-11)24(20,21)10-16(15(18)17-19)8-12-2-3-13(9-16)23-12/h4-7,12-13,19H,2-3,8-10H2,1H3,(H,17,18)/t12-,13+,16+. The normalized spacial score (nSPS) is 29.2. The molecule has 1 amide bonds. The molecule has 0 aliphatic carbocycles. The lowest BCUT2D eigenvalue weighted by molar-refractivity contribution is -0.148. The Kier molecular flexibility index (Phi) is 4.54. The van der Waals surface area contributed by atoms with Crippen molar-refractivity contribution in [2.45, 2.75) is 42.8 Å². The number of nitrogens with one attached hydrogen (secondary N) is 1. The number of fused-ring (bicyclic) bond motifs is 2. The topological polar surface area (TPSA) is 102 Å². The van der Waals surface area contributed by atoms with E-state index in [2.05, 4.69) is 0 Å². The number of hydrogen-bond donors (Lipinski definition) is 2. The highest BCUT2D eigenvalue weighted by Crippen LogP contribution is 2.45. The highest BCUT2D eigenvalue weighted by molar-refractivity contribution is 7.91. The molecule has 0 unspecified atom stereocenters. The maximum absolute atomic E-state index is 12.8. The Hall–Kier alpha value is -1.64. The highest BCUT2D eigenvalue weighted by atomic mass is 32.2. The molecule has 24 heavy (non-hydrogen) atoms. The van der Waals surface area contributed by atoms with E-state index in [9.17, 15) is 13.2 Å². The molecule has 2 aliphatic heterocycles. The SMILES string of the molecule is COc1ccc(S(=O)(=O)C[C@]2(C(=O)NO)C[C@H]3CC[C@@H](C2)O3)cc1. The van der Waals surface area contributed by atoms with Crippen LogP contribution in [0.1, 0.15) is 25.7 Å². The molecule has 0 saturated carbocycles. The minimum atomic E-state index is -3.70. The minimum absolute atomic E-state index is 0.132. The lowest BCUT2D eigenvalue weighted by Crippen LogP contribution is -2.50. The highest BCUT2D eigenvalue weighted by Gasteiger charge is 2.51. The molecule has 2 saturated heterocycles. The second-order valence-corrected chi connectivity index (χ2v) is 8.51. The number of hydrogen-bond acceptors (Lipinski definition) is 6. The predicted octanol–water partition coefficient (Wildman–Crippen LogP) is 1.30. The van der Waals surface area contributed by atoms with Gasteiger partial charge in [-0.25, -0.2) is 13.9 Å². The summed E-state index contributed by atoms with van der Waals surface area (Å²) in [6.07, 6.45) is 1.96. The summed E-state index contributed by atoms with van der Waals surface area (Å²) in [6.45, 7) is 0. The van der Waals surface area contributed by atoms with Crippen molar-refractivity contribution in [3.63, 3.8) is 0 Å². The van der Waals surface area contributed by atoms with Gasteiger partial charge in [-0.15, -0.1) is 0 Å². The van der Waals surface area contributed by atoms with E-state index in [1.165, 1.54) is 19.2 Å². The molecule has 2 N–H and O–H groups in total. The van der Waals surface area contributed by atoms with Gasteiger partial charge in [-0.2, -0.15) is 0 Å². The monoisotopic (exact) mass is 355 g/mol. The molecule has 2 bridgehead atoms. The summed E-state index contributed by atoms with van der Waals surface area (Å²) in [5.74, 6) is -0.449. The number of methoxy groups -OCH3 is 1. The molecule has 2 fully saturated rings. The number of sulfone groups is 1. The Labute approximate surface area is 140 Å². The summed E-state index contributed by atoms with van der Waals surface area (Å²) in [4.78, 5) is 12.4. The van der Waals surface area contributed by atoms with Gasteiger partial charge in [-0.05, 0) is 49.9 Å². The van der Waals surface area contributed by atoms with E-state index in [1.807, 2.05) is 0 Å².